The Balaban J connectivity index is 1.47. The Morgan fingerprint density at radius 3 is 2.09 bits per heavy atom. The average Bonchev–Trinajstić information content (AvgIpc) is 2.91. The van der Waals surface area contributed by atoms with E-state index in [1.807, 2.05) is 32.3 Å². The largest absolute Gasteiger partial charge is 0.378 e. The molecule has 3 aromatic rings. The molecule has 0 radical (unpaired) electrons. The lowest BCUT2D eigenvalue weighted by molar-refractivity contribution is 0.122. The number of aromatic nitrogens is 2. The van der Waals surface area contributed by atoms with Gasteiger partial charge in [0.05, 0.1) is 26.4 Å². The number of halogens is 1. The Kier molecular flexibility index (Phi) is 7.22. The lowest BCUT2D eigenvalue weighted by Gasteiger charge is -2.33. The summed E-state index contributed by atoms with van der Waals surface area (Å²) in [6.07, 6.45) is 1.82. The summed E-state index contributed by atoms with van der Waals surface area (Å²) in [4.78, 5) is 14.1. The van der Waals surface area contributed by atoms with Crippen LogP contribution in [0.3, 0.4) is 0 Å². The summed E-state index contributed by atoms with van der Waals surface area (Å²) in [5.74, 6) is 1.24. The molecule has 9 heteroatoms. The molecule has 3 heterocycles. The standard InChI is InChI=1S/C26H31ClN6O2/c1-18-3-4-24(27)22(13-18)23-17-29-26(31-25(23)28-2)30-19-14-20(32-5-9-34-10-6-32)16-21(15-19)33-7-11-35-12-8-33/h3-4,13-17H,5-12H2,1-2H3,(H2,28,29,30,31). The molecule has 2 aliphatic rings. The van der Waals surface area contributed by atoms with Crippen molar-refractivity contribution in [1.82, 2.24) is 9.97 Å². The van der Waals surface area contributed by atoms with Gasteiger partial charge in [-0.15, -0.1) is 0 Å². The van der Waals surface area contributed by atoms with Crippen molar-refractivity contribution in [2.75, 3.05) is 80.1 Å². The summed E-state index contributed by atoms with van der Waals surface area (Å²) in [6.45, 7) is 8.49. The van der Waals surface area contributed by atoms with Gasteiger partial charge in [0.25, 0.3) is 0 Å². The lowest BCUT2D eigenvalue weighted by atomic mass is 10.1. The maximum Gasteiger partial charge on any atom is 0.229 e. The van der Waals surface area contributed by atoms with Crippen LogP contribution in [-0.2, 0) is 9.47 Å². The van der Waals surface area contributed by atoms with Gasteiger partial charge in [0, 0.05) is 72.6 Å². The zero-order valence-electron chi connectivity index (χ0n) is 20.2. The molecular formula is C26H31ClN6O2. The van der Waals surface area contributed by atoms with E-state index in [0.29, 0.717) is 16.8 Å². The molecule has 0 bridgehead atoms. The average molecular weight is 495 g/mol. The third-order valence-electron chi connectivity index (χ3n) is 6.35. The number of benzene rings is 2. The normalized spacial score (nSPS) is 16.3. The number of anilines is 5. The van der Waals surface area contributed by atoms with E-state index >= 15 is 0 Å². The van der Waals surface area contributed by atoms with Gasteiger partial charge in [-0.3, -0.25) is 0 Å². The first-order valence-corrected chi connectivity index (χ1v) is 12.4. The number of rotatable bonds is 6. The molecular weight excluding hydrogens is 464 g/mol. The van der Waals surface area contributed by atoms with Crippen molar-refractivity contribution < 1.29 is 9.47 Å². The minimum absolute atomic E-state index is 0.522. The molecule has 5 rings (SSSR count). The summed E-state index contributed by atoms with van der Waals surface area (Å²) in [7, 11) is 1.86. The highest BCUT2D eigenvalue weighted by Gasteiger charge is 2.18. The molecule has 2 saturated heterocycles. The van der Waals surface area contributed by atoms with E-state index in [2.05, 4.69) is 49.7 Å². The van der Waals surface area contributed by atoms with E-state index in [0.717, 1.165) is 86.4 Å². The summed E-state index contributed by atoms with van der Waals surface area (Å²) in [5, 5.41) is 7.30. The van der Waals surface area contributed by atoms with Crippen LogP contribution < -0.4 is 20.4 Å². The lowest BCUT2D eigenvalue weighted by Crippen LogP contribution is -2.38. The van der Waals surface area contributed by atoms with Gasteiger partial charge in [-0.05, 0) is 37.3 Å². The van der Waals surface area contributed by atoms with Gasteiger partial charge in [0.15, 0.2) is 0 Å². The van der Waals surface area contributed by atoms with E-state index in [-0.39, 0.29) is 0 Å². The second-order valence-electron chi connectivity index (χ2n) is 8.75. The summed E-state index contributed by atoms with van der Waals surface area (Å²) >= 11 is 6.49. The first-order chi connectivity index (χ1) is 17.1. The second-order valence-corrected chi connectivity index (χ2v) is 9.16. The number of nitrogens with zero attached hydrogens (tertiary/aromatic N) is 4. The van der Waals surface area contributed by atoms with Crippen molar-refractivity contribution in [3.63, 3.8) is 0 Å². The minimum atomic E-state index is 0.522. The van der Waals surface area contributed by atoms with E-state index in [4.69, 9.17) is 26.1 Å². The van der Waals surface area contributed by atoms with Gasteiger partial charge in [-0.2, -0.15) is 4.98 Å². The van der Waals surface area contributed by atoms with E-state index < -0.39 is 0 Å². The van der Waals surface area contributed by atoms with Gasteiger partial charge in [-0.1, -0.05) is 23.2 Å². The van der Waals surface area contributed by atoms with Gasteiger partial charge in [-0.25, -0.2) is 4.98 Å². The first kappa shape index (κ1) is 23.7. The molecule has 2 aliphatic heterocycles. The maximum atomic E-state index is 6.49. The molecule has 0 saturated carbocycles. The predicted octanol–water partition coefficient (Wildman–Crippen LogP) is 4.56. The number of hydrogen-bond donors (Lipinski definition) is 2. The minimum Gasteiger partial charge on any atom is -0.378 e. The van der Waals surface area contributed by atoms with Crippen molar-refractivity contribution in [2.24, 2.45) is 0 Å². The summed E-state index contributed by atoms with van der Waals surface area (Å²) in [5.41, 5.74) is 6.17. The Morgan fingerprint density at radius 2 is 1.49 bits per heavy atom. The van der Waals surface area contributed by atoms with Crippen molar-refractivity contribution in [1.29, 1.82) is 0 Å². The van der Waals surface area contributed by atoms with Crippen LogP contribution in [0.2, 0.25) is 5.02 Å². The molecule has 1 aromatic heterocycles. The van der Waals surface area contributed by atoms with E-state index in [9.17, 15) is 0 Å². The highest BCUT2D eigenvalue weighted by molar-refractivity contribution is 6.33. The van der Waals surface area contributed by atoms with Crippen LogP contribution in [0.5, 0.6) is 0 Å². The SMILES string of the molecule is CNc1nc(Nc2cc(N3CCOCC3)cc(N3CCOCC3)c2)ncc1-c1cc(C)ccc1Cl. The molecule has 0 amide bonds. The topological polar surface area (TPSA) is 74.8 Å². The zero-order valence-corrected chi connectivity index (χ0v) is 20.9. The number of hydrogen-bond acceptors (Lipinski definition) is 8. The second kappa shape index (κ2) is 10.7. The van der Waals surface area contributed by atoms with Gasteiger partial charge in [0.2, 0.25) is 5.95 Å². The van der Waals surface area contributed by atoms with Crippen LogP contribution in [0.15, 0.2) is 42.6 Å². The van der Waals surface area contributed by atoms with Gasteiger partial charge < -0.3 is 29.9 Å². The van der Waals surface area contributed by atoms with Gasteiger partial charge >= 0.3 is 0 Å². The fraction of sp³-hybridized carbons (Fsp3) is 0.385. The van der Waals surface area contributed by atoms with Crippen LogP contribution in [-0.4, -0.2) is 69.6 Å². The van der Waals surface area contributed by atoms with Crippen LogP contribution in [0.4, 0.5) is 28.8 Å². The van der Waals surface area contributed by atoms with Gasteiger partial charge in [0.1, 0.15) is 5.82 Å². The van der Waals surface area contributed by atoms with Crippen LogP contribution in [0.25, 0.3) is 11.1 Å². The predicted molar refractivity (Wildman–Crippen MR) is 143 cm³/mol. The van der Waals surface area contributed by atoms with Crippen molar-refractivity contribution in [3.05, 3.63) is 53.2 Å². The van der Waals surface area contributed by atoms with Crippen LogP contribution in [0, 0.1) is 6.92 Å². The Labute approximate surface area is 211 Å². The van der Waals surface area contributed by atoms with E-state index in [1.165, 1.54) is 0 Å². The highest BCUT2D eigenvalue weighted by Crippen LogP contribution is 2.34. The van der Waals surface area contributed by atoms with Crippen molar-refractivity contribution in [3.8, 4) is 11.1 Å². The molecule has 0 aliphatic carbocycles. The number of aryl methyl sites for hydroxylation is 1. The molecule has 0 spiro atoms. The van der Waals surface area contributed by atoms with Crippen molar-refractivity contribution in [2.45, 2.75) is 6.92 Å². The van der Waals surface area contributed by atoms with E-state index in [1.54, 1.807) is 0 Å². The third kappa shape index (κ3) is 5.45. The third-order valence-corrected chi connectivity index (χ3v) is 6.68. The Morgan fingerprint density at radius 1 is 0.857 bits per heavy atom. The highest BCUT2D eigenvalue weighted by atomic mass is 35.5. The maximum absolute atomic E-state index is 6.49. The molecule has 0 atom stereocenters. The smallest absolute Gasteiger partial charge is 0.229 e. The Hall–Kier alpha value is -3.07. The van der Waals surface area contributed by atoms with Crippen LogP contribution >= 0.6 is 11.6 Å². The first-order valence-electron chi connectivity index (χ1n) is 12.0. The molecule has 2 fully saturated rings. The molecule has 184 valence electrons. The van der Waals surface area contributed by atoms with Crippen molar-refractivity contribution >= 4 is 40.4 Å². The molecule has 8 nitrogen and oxygen atoms in total. The molecule has 0 unspecified atom stereocenters. The zero-order chi connectivity index (χ0) is 24.2. The molecule has 2 aromatic carbocycles. The Bertz CT molecular complexity index is 1140. The number of ether oxygens (including phenoxy) is 2. The number of nitrogens with one attached hydrogen (secondary N) is 2. The fourth-order valence-corrected chi connectivity index (χ4v) is 4.70. The summed E-state index contributed by atoms with van der Waals surface area (Å²) in [6, 6.07) is 12.5. The molecule has 35 heavy (non-hydrogen) atoms. The summed E-state index contributed by atoms with van der Waals surface area (Å²) < 4.78 is 11.1. The fourth-order valence-electron chi connectivity index (χ4n) is 4.48. The molecule has 2 N–H and O–H groups in total. The quantitative estimate of drug-likeness (QED) is 0.516. The van der Waals surface area contributed by atoms with Crippen LogP contribution in [0.1, 0.15) is 5.56 Å². The number of morpholine rings is 2. The monoisotopic (exact) mass is 494 g/mol.